The Kier molecular flexibility index (Phi) is 5.26. The van der Waals surface area contributed by atoms with E-state index in [1.165, 1.54) is 12.7 Å². The van der Waals surface area contributed by atoms with Crippen molar-refractivity contribution in [1.82, 2.24) is 5.32 Å². The van der Waals surface area contributed by atoms with Crippen LogP contribution in [0.2, 0.25) is 0 Å². The van der Waals surface area contributed by atoms with Crippen molar-refractivity contribution in [1.29, 1.82) is 0 Å². The van der Waals surface area contributed by atoms with E-state index >= 15 is 0 Å². The minimum absolute atomic E-state index is 0.0334. The van der Waals surface area contributed by atoms with Crippen LogP contribution in [0.1, 0.15) is 29.8 Å². The summed E-state index contributed by atoms with van der Waals surface area (Å²) in [6, 6.07) is 14.3. The number of nitrogens with zero attached hydrogens (tertiary/aromatic N) is 1. The molecule has 2 aromatic carbocycles. The van der Waals surface area contributed by atoms with Crippen LogP contribution in [0.4, 0.5) is 5.69 Å². The van der Waals surface area contributed by atoms with E-state index in [0.717, 1.165) is 12.1 Å². The van der Waals surface area contributed by atoms with Gasteiger partial charge in [-0.05, 0) is 36.1 Å². The van der Waals surface area contributed by atoms with Crippen molar-refractivity contribution in [2.45, 2.75) is 26.3 Å². The highest BCUT2D eigenvalue weighted by Crippen LogP contribution is 2.29. The van der Waals surface area contributed by atoms with E-state index < -0.39 is 6.04 Å². The number of hydrogen-bond acceptors (Lipinski definition) is 3. The van der Waals surface area contributed by atoms with Gasteiger partial charge >= 0.3 is 0 Å². The highest BCUT2D eigenvalue weighted by Gasteiger charge is 2.33. The number of fused-ring (bicyclic) bond motifs is 1. The van der Waals surface area contributed by atoms with Crippen LogP contribution in [0.25, 0.3) is 0 Å². The van der Waals surface area contributed by atoms with Crippen LogP contribution in [-0.2, 0) is 11.2 Å². The molecule has 2 amide bonds. The first-order chi connectivity index (χ1) is 12.5. The summed E-state index contributed by atoms with van der Waals surface area (Å²) in [5, 5.41) is 2.90. The molecule has 0 saturated carbocycles. The topological polar surface area (TPSA) is 58.6 Å². The molecule has 2 aromatic rings. The van der Waals surface area contributed by atoms with Crippen molar-refractivity contribution in [3.05, 3.63) is 59.7 Å². The monoisotopic (exact) mass is 352 g/mol. The van der Waals surface area contributed by atoms with E-state index in [-0.39, 0.29) is 17.7 Å². The van der Waals surface area contributed by atoms with Crippen molar-refractivity contribution < 1.29 is 14.3 Å². The van der Waals surface area contributed by atoms with Crippen LogP contribution >= 0.6 is 0 Å². The van der Waals surface area contributed by atoms with E-state index in [0.29, 0.717) is 17.9 Å². The van der Waals surface area contributed by atoms with Gasteiger partial charge in [0, 0.05) is 12.2 Å². The number of nitrogens with one attached hydrogen (secondary N) is 1. The van der Waals surface area contributed by atoms with Gasteiger partial charge in [-0.1, -0.05) is 44.2 Å². The summed E-state index contributed by atoms with van der Waals surface area (Å²) in [7, 11) is 1.53. The fourth-order valence-corrected chi connectivity index (χ4v) is 3.30. The van der Waals surface area contributed by atoms with Crippen molar-refractivity contribution in [3.8, 4) is 5.75 Å². The van der Waals surface area contributed by atoms with Gasteiger partial charge in [0.2, 0.25) is 5.91 Å². The third-order valence-electron chi connectivity index (χ3n) is 4.72. The van der Waals surface area contributed by atoms with Gasteiger partial charge in [-0.2, -0.15) is 0 Å². The number of carbonyl (C=O) groups excluding carboxylic acids is 2. The molecule has 3 rings (SSSR count). The molecule has 1 aliphatic heterocycles. The Morgan fingerprint density at radius 1 is 1.08 bits per heavy atom. The van der Waals surface area contributed by atoms with Crippen LogP contribution in [0.5, 0.6) is 5.75 Å². The zero-order valence-corrected chi connectivity index (χ0v) is 15.4. The van der Waals surface area contributed by atoms with Crippen molar-refractivity contribution >= 4 is 17.5 Å². The van der Waals surface area contributed by atoms with Gasteiger partial charge in [0.25, 0.3) is 5.91 Å². The minimum atomic E-state index is -0.599. The first kappa shape index (κ1) is 18.0. The van der Waals surface area contributed by atoms with E-state index in [1.807, 2.05) is 44.2 Å². The van der Waals surface area contributed by atoms with Crippen LogP contribution < -0.4 is 15.0 Å². The molecule has 136 valence electrons. The number of methoxy groups -OCH3 is 1. The predicted octanol–water partition coefficient (Wildman–Crippen LogP) is 3.04. The number of hydrogen-bond donors (Lipinski definition) is 1. The van der Waals surface area contributed by atoms with Gasteiger partial charge in [-0.15, -0.1) is 0 Å². The Hall–Kier alpha value is -2.82. The summed E-state index contributed by atoms with van der Waals surface area (Å²) >= 11 is 0. The van der Waals surface area contributed by atoms with Gasteiger partial charge < -0.3 is 15.0 Å². The number of benzene rings is 2. The van der Waals surface area contributed by atoms with E-state index in [1.54, 1.807) is 23.1 Å². The lowest BCUT2D eigenvalue weighted by molar-refractivity contribution is -0.121. The molecule has 0 aliphatic carbocycles. The maximum atomic E-state index is 13.2. The van der Waals surface area contributed by atoms with Gasteiger partial charge in [0.1, 0.15) is 11.8 Å². The molecule has 1 aliphatic rings. The quantitative estimate of drug-likeness (QED) is 0.900. The highest BCUT2D eigenvalue weighted by molar-refractivity contribution is 6.04. The second-order valence-corrected chi connectivity index (χ2v) is 6.76. The normalized spacial score (nSPS) is 14.1. The molecular weight excluding hydrogens is 328 g/mol. The summed E-state index contributed by atoms with van der Waals surface area (Å²) in [4.78, 5) is 27.7. The van der Waals surface area contributed by atoms with Crippen molar-refractivity contribution in [3.63, 3.8) is 0 Å². The fourth-order valence-electron chi connectivity index (χ4n) is 3.30. The van der Waals surface area contributed by atoms with Crippen LogP contribution in [0.15, 0.2) is 48.5 Å². The third kappa shape index (κ3) is 3.43. The summed E-state index contributed by atoms with van der Waals surface area (Å²) in [5.41, 5.74) is 2.53. The summed E-state index contributed by atoms with van der Waals surface area (Å²) in [6.07, 6.45) is 0.840. The average molecular weight is 352 g/mol. The molecule has 5 nitrogen and oxygen atoms in total. The largest absolute Gasteiger partial charge is 0.496 e. The molecular formula is C21H24N2O3. The molecule has 0 fully saturated rings. The Labute approximate surface area is 154 Å². The van der Waals surface area contributed by atoms with Gasteiger partial charge in [-0.25, -0.2) is 0 Å². The van der Waals surface area contributed by atoms with Gasteiger partial charge in [-0.3, -0.25) is 9.59 Å². The Morgan fingerprint density at radius 2 is 1.77 bits per heavy atom. The predicted molar refractivity (Wildman–Crippen MR) is 102 cm³/mol. The zero-order chi connectivity index (χ0) is 18.7. The molecule has 5 heteroatoms. The van der Waals surface area contributed by atoms with E-state index in [2.05, 4.69) is 5.32 Å². The number of para-hydroxylation sites is 2. The summed E-state index contributed by atoms with van der Waals surface area (Å²) < 4.78 is 5.26. The number of anilines is 1. The molecule has 1 atom stereocenters. The van der Waals surface area contributed by atoms with E-state index in [9.17, 15) is 9.59 Å². The Bertz CT molecular complexity index is 816. The molecule has 0 bridgehead atoms. The molecule has 1 N–H and O–H groups in total. The maximum absolute atomic E-state index is 13.2. The smallest absolute Gasteiger partial charge is 0.255 e. The molecule has 1 unspecified atom stereocenters. The molecule has 0 saturated heterocycles. The van der Waals surface area contributed by atoms with Crippen LogP contribution in [-0.4, -0.2) is 31.5 Å². The Balaban J connectivity index is 1.82. The second kappa shape index (κ2) is 7.60. The van der Waals surface area contributed by atoms with Crippen molar-refractivity contribution in [2.24, 2.45) is 5.92 Å². The lowest BCUT2D eigenvalue weighted by Crippen LogP contribution is -2.51. The third-order valence-corrected chi connectivity index (χ3v) is 4.72. The maximum Gasteiger partial charge on any atom is 0.255 e. The van der Waals surface area contributed by atoms with E-state index in [4.69, 9.17) is 4.74 Å². The standard InChI is InChI=1S/C21H24N2O3/c1-14(2)19(22-20(24)16-9-5-7-11-18(16)26-3)21(25)23-13-12-15-8-4-6-10-17(15)23/h4-11,14,19H,12-13H2,1-3H3,(H,22,24). The molecule has 0 spiro atoms. The van der Waals surface area contributed by atoms with Gasteiger partial charge in [0.15, 0.2) is 0 Å². The summed E-state index contributed by atoms with van der Waals surface area (Å²) in [5.74, 6) is 0.0792. The molecule has 0 aromatic heterocycles. The lowest BCUT2D eigenvalue weighted by Gasteiger charge is -2.27. The molecule has 0 radical (unpaired) electrons. The van der Waals surface area contributed by atoms with Gasteiger partial charge in [0.05, 0.1) is 12.7 Å². The SMILES string of the molecule is COc1ccccc1C(=O)NC(C(=O)N1CCc2ccccc21)C(C)C. The van der Waals surface area contributed by atoms with Crippen molar-refractivity contribution in [2.75, 3.05) is 18.6 Å². The lowest BCUT2D eigenvalue weighted by atomic mass is 10.0. The second-order valence-electron chi connectivity index (χ2n) is 6.76. The number of ether oxygens (including phenoxy) is 1. The van der Waals surface area contributed by atoms with Crippen LogP contribution in [0.3, 0.4) is 0 Å². The average Bonchev–Trinajstić information content (AvgIpc) is 3.09. The highest BCUT2D eigenvalue weighted by atomic mass is 16.5. The first-order valence-electron chi connectivity index (χ1n) is 8.86. The molecule has 26 heavy (non-hydrogen) atoms. The van der Waals surface area contributed by atoms with Crippen LogP contribution in [0, 0.1) is 5.92 Å². The number of amides is 2. The first-order valence-corrected chi connectivity index (χ1v) is 8.86. The molecule has 1 heterocycles. The fraction of sp³-hybridized carbons (Fsp3) is 0.333. The zero-order valence-electron chi connectivity index (χ0n) is 15.4. The summed E-state index contributed by atoms with van der Waals surface area (Å²) in [6.45, 7) is 4.52. The number of rotatable bonds is 5. The minimum Gasteiger partial charge on any atom is -0.496 e. The Morgan fingerprint density at radius 3 is 2.50 bits per heavy atom. The number of carbonyl (C=O) groups is 2.